The number of hydrogen-bond acceptors (Lipinski definition) is 4. The number of benzene rings is 2. The van der Waals surface area contributed by atoms with Gasteiger partial charge in [0.2, 0.25) is 0 Å². The number of phenolic OH excluding ortho intramolecular Hbond substituents is 1. The Hall–Kier alpha value is -3.57. The molecule has 1 aromatic heterocycles. The number of nitriles is 1. The Kier molecular flexibility index (Phi) is 5.43. The molecule has 0 amide bonds. The van der Waals surface area contributed by atoms with Gasteiger partial charge in [-0.2, -0.15) is 28.2 Å². The van der Waals surface area contributed by atoms with E-state index >= 15 is 0 Å². The number of aromatic hydroxyl groups is 1. The van der Waals surface area contributed by atoms with E-state index in [2.05, 4.69) is 5.10 Å². The zero-order valence-electron chi connectivity index (χ0n) is 14.5. The minimum atomic E-state index is -4.90. The van der Waals surface area contributed by atoms with E-state index in [1.807, 2.05) is 0 Å². The van der Waals surface area contributed by atoms with E-state index in [9.17, 15) is 23.1 Å². The predicted molar refractivity (Wildman–Crippen MR) is 102 cm³/mol. The van der Waals surface area contributed by atoms with Crippen molar-refractivity contribution in [3.8, 4) is 23.1 Å². The molecule has 1 N–H and O–H groups in total. The Balaban J connectivity index is 2.30. The van der Waals surface area contributed by atoms with E-state index in [0.29, 0.717) is 10.7 Å². The molecule has 0 unspecified atom stereocenters. The quantitative estimate of drug-likeness (QED) is 0.630. The third-order valence-corrected chi connectivity index (χ3v) is 4.21. The Morgan fingerprint density at radius 2 is 1.83 bits per heavy atom. The van der Waals surface area contributed by atoms with E-state index in [4.69, 9.17) is 16.9 Å². The Morgan fingerprint density at radius 3 is 2.45 bits per heavy atom. The smallest absolute Gasteiger partial charge is 0.417 e. The van der Waals surface area contributed by atoms with Gasteiger partial charge in [-0.25, -0.2) is 0 Å². The first-order valence-electron chi connectivity index (χ1n) is 8.08. The molecule has 3 aromatic rings. The number of aromatic nitrogens is 1. The predicted octanol–water partition coefficient (Wildman–Crippen LogP) is 4.65. The molecule has 1 heterocycles. The lowest BCUT2D eigenvalue weighted by Gasteiger charge is -2.14. The normalized spacial score (nSPS) is 11.6. The summed E-state index contributed by atoms with van der Waals surface area (Å²) in [6.07, 6.45) is -3.83. The molecule has 0 atom stereocenters. The molecule has 29 heavy (non-hydrogen) atoms. The summed E-state index contributed by atoms with van der Waals surface area (Å²) in [6.45, 7) is 0. The number of pyridine rings is 1. The zero-order chi connectivity index (χ0) is 21.2. The fraction of sp³-hybridized carbons (Fsp3) is 0.0500. The van der Waals surface area contributed by atoms with Crippen LogP contribution < -0.4 is 5.56 Å². The van der Waals surface area contributed by atoms with Gasteiger partial charge in [0.15, 0.2) is 0 Å². The van der Waals surface area contributed by atoms with E-state index in [-0.39, 0.29) is 27.6 Å². The molecule has 0 fully saturated rings. The van der Waals surface area contributed by atoms with Crippen molar-refractivity contribution in [1.29, 1.82) is 5.26 Å². The van der Waals surface area contributed by atoms with Crippen LogP contribution in [0.4, 0.5) is 13.2 Å². The van der Waals surface area contributed by atoms with Crippen molar-refractivity contribution in [3.63, 3.8) is 0 Å². The van der Waals surface area contributed by atoms with Crippen molar-refractivity contribution < 1.29 is 18.3 Å². The second-order valence-electron chi connectivity index (χ2n) is 5.86. The maximum atomic E-state index is 13.4. The summed E-state index contributed by atoms with van der Waals surface area (Å²) in [5.41, 5.74) is -3.40. The minimum Gasteiger partial charge on any atom is -0.507 e. The highest BCUT2D eigenvalue weighted by Gasteiger charge is 2.36. The molecule has 0 bridgehead atoms. The molecule has 0 saturated carbocycles. The minimum absolute atomic E-state index is 0.141. The first-order chi connectivity index (χ1) is 13.7. The summed E-state index contributed by atoms with van der Waals surface area (Å²) >= 11 is 5.87. The maximum absolute atomic E-state index is 13.4. The second kappa shape index (κ2) is 7.81. The van der Waals surface area contributed by atoms with Crippen LogP contribution in [0.3, 0.4) is 0 Å². The summed E-state index contributed by atoms with van der Waals surface area (Å²) in [7, 11) is 0. The van der Waals surface area contributed by atoms with Crippen LogP contribution in [-0.2, 0) is 6.18 Å². The molecule has 146 valence electrons. The molecular weight excluding hydrogens is 407 g/mol. The van der Waals surface area contributed by atoms with Gasteiger partial charge in [-0.15, -0.1) is 0 Å². The molecule has 0 saturated heterocycles. The number of phenols is 1. The average Bonchev–Trinajstić information content (AvgIpc) is 2.68. The van der Waals surface area contributed by atoms with Gasteiger partial charge in [0.05, 0.1) is 17.5 Å². The van der Waals surface area contributed by atoms with Crippen LogP contribution in [0.25, 0.3) is 11.3 Å². The van der Waals surface area contributed by atoms with Crippen LogP contribution in [-0.4, -0.2) is 16.0 Å². The van der Waals surface area contributed by atoms with Crippen LogP contribution in [0.5, 0.6) is 5.75 Å². The van der Waals surface area contributed by atoms with Gasteiger partial charge in [0, 0.05) is 16.1 Å². The first-order valence-corrected chi connectivity index (χ1v) is 8.46. The molecule has 9 heteroatoms. The van der Waals surface area contributed by atoms with E-state index < -0.39 is 22.9 Å². The molecule has 2 aromatic carbocycles. The zero-order valence-corrected chi connectivity index (χ0v) is 15.2. The molecule has 0 radical (unpaired) electrons. The molecule has 5 nitrogen and oxygen atoms in total. The highest BCUT2D eigenvalue weighted by Crippen LogP contribution is 2.33. The molecular formula is C20H11ClF3N3O2. The fourth-order valence-electron chi connectivity index (χ4n) is 2.61. The Labute approximate surface area is 167 Å². The monoisotopic (exact) mass is 417 g/mol. The van der Waals surface area contributed by atoms with Crippen LogP contribution >= 0.6 is 11.6 Å². The van der Waals surface area contributed by atoms with Gasteiger partial charge in [0.1, 0.15) is 17.4 Å². The lowest BCUT2D eigenvalue weighted by molar-refractivity contribution is -0.137. The van der Waals surface area contributed by atoms with Crippen LogP contribution in [0.1, 0.15) is 16.7 Å². The second-order valence-corrected chi connectivity index (χ2v) is 6.29. The third kappa shape index (κ3) is 4.15. The lowest BCUT2D eigenvalue weighted by Crippen LogP contribution is -2.26. The van der Waals surface area contributed by atoms with Crippen molar-refractivity contribution in [2.45, 2.75) is 6.18 Å². The van der Waals surface area contributed by atoms with Crippen molar-refractivity contribution in [2.75, 3.05) is 0 Å². The number of alkyl halides is 3. The molecule has 0 aliphatic carbocycles. The van der Waals surface area contributed by atoms with Crippen molar-refractivity contribution in [2.24, 2.45) is 5.10 Å². The molecule has 3 rings (SSSR count). The number of hydrogen-bond donors (Lipinski definition) is 1. The van der Waals surface area contributed by atoms with Crippen molar-refractivity contribution >= 4 is 17.8 Å². The van der Waals surface area contributed by atoms with E-state index in [1.165, 1.54) is 36.4 Å². The summed E-state index contributed by atoms with van der Waals surface area (Å²) in [5.74, 6) is -0.195. The maximum Gasteiger partial charge on any atom is 0.417 e. The fourth-order valence-corrected chi connectivity index (χ4v) is 2.79. The van der Waals surface area contributed by atoms with Gasteiger partial charge < -0.3 is 5.11 Å². The molecule has 0 spiro atoms. The van der Waals surface area contributed by atoms with Gasteiger partial charge in [0.25, 0.3) is 5.56 Å². The van der Waals surface area contributed by atoms with Crippen molar-refractivity contribution in [3.05, 3.63) is 86.7 Å². The lowest BCUT2D eigenvalue weighted by atomic mass is 10.0. The van der Waals surface area contributed by atoms with Crippen LogP contribution in [0, 0.1) is 11.3 Å². The highest BCUT2D eigenvalue weighted by atomic mass is 35.5. The molecule has 0 aliphatic heterocycles. The SMILES string of the molecule is N#Cc1c(C(F)(F)F)cc(-c2ccccc2)n(N=Cc2cc(Cl)ccc2O)c1=O. The van der Waals surface area contributed by atoms with Crippen LogP contribution in [0.15, 0.2) is 64.5 Å². The van der Waals surface area contributed by atoms with Gasteiger partial charge in [-0.3, -0.25) is 4.79 Å². The van der Waals surface area contributed by atoms with Gasteiger partial charge >= 0.3 is 6.18 Å². The third-order valence-electron chi connectivity index (χ3n) is 3.97. The number of halogens is 4. The summed E-state index contributed by atoms with van der Waals surface area (Å²) < 4.78 is 40.9. The number of nitrogens with zero attached hydrogens (tertiary/aromatic N) is 3. The summed E-state index contributed by atoms with van der Waals surface area (Å²) in [4.78, 5) is 12.7. The van der Waals surface area contributed by atoms with Crippen LogP contribution in [0.2, 0.25) is 5.02 Å². The average molecular weight is 418 g/mol. The van der Waals surface area contributed by atoms with Gasteiger partial charge in [-0.05, 0) is 24.3 Å². The van der Waals surface area contributed by atoms with Gasteiger partial charge in [-0.1, -0.05) is 41.9 Å². The first kappa shape index (κ1) is 20.2. The molecule has 0 aliphatic rings. The van der Waals surface area contributed by atoms with Crippen molar-refractivity contribution in [1.82, 2.24) is 4.68 Å². The topological polar surface area (TPSA) is 78.4 Å². The highest BCUT2D eigenvalue weighted by molar-refractivity contribution is 6.30. The standard InChI is InChI=1S/C20H11ClF3N3O2/c21-14-6-7-18(28)13(8-14)11-26-27-17(12-4-2-1-3-5-12)9-16(20(22,23)24)15(10-25)19(27)29/h1-9,11,28H. The number of rotatable bonds is 3. The van der Waals surface area contributed by atoms with E-state index in [1.54, 1.807) is 18.2 Å². The Morgan fingerprint density at radius 1 is 1.14 bits per heavy atom. The summed E-state index contributed by atoms with van der Waals surface area (Å²) in [6, 6.07) is 13.9. The van der Waals surface area contributed by atoms with E-state index in [0.717, 1.165) is 6.21 Å². The largest absolute Gasteiger partial charge is 0.507 e. The Bertz CT molecular complexity index is 1200. The summed E-state index contributed by atoms with van der Waals surface area (Å²) in [5, 5.41) is 23.2.